The second-order valence-corrected chi connectivity index (χ2v) is 2.68. The number of nitrogens with two attached hydrogens (primary N) is 1. The molecule has 0 radical (unpaired) electrons. The van der Waals surface area contributed by atoms with Gasteiger partial charge in [0, 0.05) is 6.04 Å². The van der Waals surface area contributed by atoms with Gasteiger partial charge in [-0.25, -0.2) is 4.79 Å². The van der Waals surface area contributed by atoms with E-state index in [-0.39, 0.29) is 11.6 Å². The van der Waals surface area contributed by atoms with Crippen LogP contribution in [0.1, 0.15) is 28.9 Å². The summed E-state index contributed by atoms with van der Waals surface area (Å²) in [5.74, 6) is -0.928. The largest absolute Gasteiger partial charge is 0.478 e. The maximum absolute atomic E-state index is 10.7. The lowest BCUT2D eigenvalue weighted by Crippen LogP contribution is -2.11. The Hall–Kier alpha value is -1.35. The van der Waals surface area contributed by atoms with Gasteiger partial charge >= 0.3 is 5.97 Å². The molecule has 0 bridgehead atoms. The van der Waals surface area contributed by atoms with Crippen molar-refractivity contribution in [2.24, 2.45) is 5.73 Å². The van der Waals surface area contributed by atoms with Crippen LogP contribution in [-0.2, 0) is 0 Å². The predicted octanol–water partition coefficient (Wildman–Crippen LogP) is 1.40. The minimum absolute atomic E-state index is 0.239. The molecule has 0 saturated heterocycles. The molecule has 1 aromatic rings. The molecule has 0 unspecified atom stereocenters. The lowest BCUT2D eigenvalue weighted by Gasteiger charge is -2.08. The molecular formula is C9H11NO2. The van der Waals surface area contributed by atoms with Gasteiger partial charge in [-0.15, -0.1) is 0 Å². The smallest absolute Gasteiger partial charge is 0.336 e. The maximum atomic E-state index is 10.7. The summed E-state index contributed by atoms with van der Waals surface area (Å²) in [7, 11) is 0. The van der Waals surface area contributed by atoms with Crippen molar-refractivity contribution in [3.8, 4) is 0 Å². The van der Waals surface area contributed by atoms with Crippen molar-refractivity contribution in [3.63, 3.8) is 0 Å². The highest BCUT2D eigenvalue weighted by Gasteiger charge is 2.10. The van der Waals surface area contributed by atoms with E-state index in [0.717, 1.165) is 0 Å². The number of carbonyl (C=O) groups is 1. The fourth-order valence-corrected chi connectivity index (χ4v) is 1.09. The van der Waals surface area contributed by atoms with E-state index in [4.69, 9.17) is 10.8 Å². The first-order valence-electron chi connectivity index (χ1n) is 3.70. The monoisotopic (exact) mass is 165 g/mol. The van der Waals surface area contributed by atoms with Crippen molar-refractivity contribution in [1.82, 2.24) is 0 Å². The molecule has 12 heavy (non-hydrogen) atoms. The van der Waals surface area contributed by atoms with E-state index >= 15 is 0 Å². The molecule has 0 spiro atoms. The highest BCUT2D eigenvalue weighted by atomic mass is 16.4. The molecular weight excluding hydrogens is 154 g/mol. The van der Waals surface area contributed by atoms with Crippen LogP contribution in [0.15, 0.2) is 24.3 Å². The highest BCUT2D eigenvalue weighted by Crippen LogP contribution is 2.14. The summed E-state index contributed by atoms with van der Waals surface area (Å²) >= 11 is 0. The standard InChI is InChI=1S/C9H11NO2/c1-6(10)7-4-2-3-5-8(7)9(11)12/h2-6H,10H2,1H3,(H,11,12)/t6-/m1/s1. The maximum Gasteiger partial charge on any atom is 0.336 e. The van der Waals surface area contributed by atoms with Crippen LogP contribution in [0, 0.1) is 0 Å². The Balaban J connectivity index is 3.17. The van der Waals surface area contributed by atoms with Gasteiger partial charge in [0.05, 0.1) is 5.56 Å². The van der Waals surface area contributed by atoms with Crippen molar-refractivity contribution in [2.75, 3.05) is 0 Å². The molecule has 0 aromatic heterocycles. The van der Waals surface area contributed by atoms with Gasteiger partial charge in [0.1, 0.15) is 0 Å². The molecule has 1 atom stereocenters. The second kappa shape index (κ2) is 3.36. The van der Waals surface area contributed by atoms with E-state index in [1.165, 1.54) is 0 Å². The van der Waals surface area contributed by atoms with Crippen LogP contribution in [-0.4, -0.2) is 11.1 Å². The molecule has 0 aliphatic heterocycles. The van der Waals surface area contributed by atoms with Gasteiger partial charge in [0.2, 0.25) is 0 Å². The number of aromatic carboxylic acids is 1. The Kier molecular flexibility index (Phi) is 2.45. The minimum atomic E-state index is -0.928. The van der Waals surface area contributed by atoms with Crippen molar-refractivity contribution in [2.45, 2.75) is 13.0 Å². The number of carboxylic acid groups (broad SMARTS) is 1. The first kappa shape index (κ1) is 8.74. The fraction of sp³-hybridized carbons (Fsp3) is 0.222. The summed E-state index contributed by atoms with van der Waals surface area (Å²) in [6, 6.07) is 6.52. The molecule has 0 amide bonds. The SMILES string of the molecule is C[C@@H](N)c1ccccc1C(=O)O. The average molecular weight is 165 g/mol. The number of hydrogen-bond acceptors (Lipinski definition) is 2. The molecule has 3 N–H and O–H groups in total. The fourth-order valence-electron chi connectivity index (χ4n) is 1.09. The Labute approximate surface area is 70.8 Å². The normalized spacial score (nSPS) is 12.5. The summed E-state index contributed by atoms with van der Waals surface area (Å²) < 4.78 is 0. The van der Waals surface area contributed by atoms with E-state index in [9.17, 15) is 4.79 Å². The van der Waals surface area contributed by atoms with Crippen LogP contribution < -0.4 is 5.73 Å². The molecule has 3 heteroatoms. The average Bonchev–Trinajstić information content (AvgIpc) is 2.04. The van der Waals surface area contributed by atoms with Crippen molar-refractivity contribution >= 4 is 5.97 Å². The number of hydrogen-bond donors (Lipinski definition) is 2. The molecule has 1 aromatic carbocycles. The van der Waals surface area contributed by atoms with Gasteiger partial charge < -0.3 is 10.8 Å². The Bertz CT molecular complexity index is 294. The van der Waals surface area contributed by atoms with Gasteiger partial charge in [0.15, 0.2) is 0 Å². The Morgan fingerprint density at radius 1 is 1.50 bits per heavy atom. The first-order chi connectivity index (χ1) is 5.63. The van der Waals surface area contributed by atoms with Gasteiger partial charge in [0.25, 0.3) is 0 Å². The second-order valence-electron chi connectivity index (χ2n) is 2.68. The minimum Gasteiger partial charge on any atom is -0.478 e. The summed E-state index contributed by atoms with van der Waals surface area (Å²) in [6.45, 7) is 1.77. The molecule has 0 aliphatic rings. The number of carboxylic acids is 1. The highest BCUT2D eigenvalue weighted by molar-refractivity contribution is 5.89. The van der Waals surface area contributed by atoms with E-state index in [2.05, 4.69) is 0 Å². The third-order valence-electron chi connectivity index (χ3n) is 1.68. The Morgan fingerprint density at radius 3 is 2.50 bits per heavy atom. The molecule has 0 saturated carbocycles. The van der Waals surface area contributed by atoms with Crippen LogP contribution >= 0.6 is 0 Å². The van der Waals surface area contributed by atoms with Crippen LogP contribution in [0.5, 0.6) is 0 Å². The topological polar surface area (TPSA) is 63.3 Å². The number of rotatable bonds is 2. The van der Waals surface area contributed by atoms with E-state index in [0.29, 0.717) is 5.56 Å². The van der Waals surface area contributed by atoms with E-state index in [1.54, 1.807) is 31.2 Å². The lowest BCUT2D eigenvalue weighted by atomic mass is 10.0. The van der Waals surface area contributed by atoms with Crippen LogP contribution in [0.2, 0.25) is 0 Å². The quantitative estimate of drug-likeness (QED) is 0.696. The molecule has 3 nitrogen and oxygen atoms in total. The van der Waals surface area contributed by atoms with Crippen LogP contribution in [0.3, 0.4) is 0 Å². The Morgan fingerprint density at radius 2 is 2.08 bits per heavy atom. The zero-order valence-corrected chi connectivity index (χ0v) is 6.82. The van der Waals surface area contributed by atoms with Crippen molar-refractivity contribution in [1.29, 1.82) is 0 Å². The lowest BCUT2D eigenvalue weighted by molar-refractivity contribution is 0.0695. The van der Waals surface area contributed by atoms with Crippen LogP contribution in [0.4, 0.5) is 0 Å². The zero-order chi connectivity index (χ0) is 9.14. The van der Waals surface area contributed by atoms with Crippen molar-refractivity contribution in [3.05, 3.63) is 35.4 Å². The van der Waals surface area contributed by atoms with Crippen molar-refractivity contribution < 1.29 is 9.90 Å². The summed E-state index contributed by atoms with van der Waals surface area (Å²) in [6.07, 6.45) is 0. The van der Waals surface area contributed by atoms with E-state index in [1.807, 2.05) is 0 Å². The molecule has 0 heterocycles. The summed E-state index contributed by atoms with van der Waals surface area (Å²) in [5, 5.41) is 8.76. The third kappa shape index (κ3) is 1.62. The number of benzene rings is 1. The summed E-state index contributed by atoms with van der Waals surface area (Å²) in [5.41, 5.74) is 6.55. The van der Waals surface area contributed by atoms with Gasteiger partial charge in [-0.05, 0) is 18.6 Å². The third-order valence-corrected chi connectivity index (χ3v) is 1.68. The molecule has 64 valence electrons. The van der Waals surface area contributed by atoms with Gasteiger partial charge in [-0.3, -0.25) is 0 Å². The zero-order valence-electron chi connectivity index (χ0n) is 6.82. The van der Waals surface area contributed by atoms with Gasteiger partial charge in [-0.1, -0.05) is 18.2 Å². The van der Waals surface area contributed by atoms with E-state index < -0.39 is 5.97 Å². The molecule has 1 rings (SSSR count). The van der Waals surface area contributed by atoms with Gasteiger partial charge in [-0.2, -0.15) is 0 Å². The molecule has 0 fully saturated rings. The van der Waals surface area contributed by atoms with Crippen LogP contribution in [0.25, 0.3) is 0 Å². The molecule has 0 aliphatic carbocycles. The summed E-state index contributed by atoms with van der Waals surface area (Å²) in [4.78, 5) is 10.7. The first-order valence-corrected chi connectivity index (χ1v) is 3.70. The predicted molar refractivity (Wildman–Crippen MR) is 46.0 cm³/mol.